The van der Waals surface area contributed by atoms with Gasteiger partial charge in [0.05, 0.1) is 0 Å². The molecule has 0 aliphatic carbocycles. The summed E-state index contributed by atoms with van der Waals surface area (Å²) in [5, 5.41) is -0.338. The van der Waals surface area contributed by atoms with Crippen LogP contribution in [0.5, 0.6) is 0 Å². The van der Waals surface area contributed by atoms with Gasteiger partial charge in [-0.25, -0.2) is 9.59 Å². The fourth-order valence-electron chi connectivity index (χ4n) is 0.188. The molecule has 54 valence electrons. The zero-order chi connectivity index (χ0) is 8.15. The lowest BCUT2D eigenvalue weighted by molar-refractivity contribution is -0.152. The van der Waals surface area contributed by atoms with Gasteiger partial charge in [-0.2, -0.15) is 0 Å². The van der Waals surface area contributed by atoms with Crippen molar-refractivity contribution in [3.05, 3.63) is 24.3 Å². The number of rotatable bonds is 2. The average Bonchev–Trinajstić information content (AvgIpc) is 1.87. The van der Waals surface area contributed by atoms with Crippen LogP contribution in [0.15, 0.2) is 24.3 Å². The van der Waals surface area contributed by atoms with Crippen molar-refractivity contribution in [3.8, 4) is 0 Å². The molecule has 3 nitrogen and oxygen atoms in total. The minimum atomic E-state index is -0.952. The second-order valence-corrected chi connectivity index (χ2v) is 1.77. The maximum Gasteiger partial charge on any atom is 0.356 e. The highest BCUT2D eigenvalue weighted by molar-refractivity contribution is 6.41. The fraction of sp³-hybridized carbons (Fsp3) is 0. The van der Waals surface area contributed by atoms with Crippen LogP contribution in [0.1, 0.15) is 0 Å². The highest BCUT2D eigenvalue weighted by Gasteiger charge is 2.08. The Morgan fingerprint density at radius 1 is 1.50 bits per heavy atom. The predicted octanol–water partition coefficient (Wildman–Crippen LogP) is 0.995. The average molecular weight is 161 g/mol. The molecule has 0 saturated carbocycles. The largest absolute Gasteiger partial charge is 0.386 e. The zero-order valence-corrected chi connectivity index (χ0v) is 5.85. The molecule has 0 aliphatic heterocycles. The molecule has 0 saturated heterocycles. The van der Waals surface area contributed by atoms with Gasteiger partial charge in [-0.15, -0.1) is 0 Å². The van der Waals surface area contributed by atoms with Gasteiger partial charge in [0, 0.05) is 6.08 Å². The first-order chi connectivity index (χ1) is 4.57. The van der Waals surface area contributed by atoms with Crippen LogP contribution < -0.4 is 0 Å². The molecule has 0 heterocycles. The van der Waals surface area contributed by atoms with Crippen LogP contribution in [0.25, 0.3) is 0 Å². The van der Waals surface area contributed by atoms with Gasteiger partial charge in [-0.1, -0.05) is 24.8 Å². The minimum Gasteiger partial charge on any atom is -0.386 e. The lowest BCUT2D eigenvalue weighted by Crippen LogP contribution is -2.08. The maximum atomic E-state index is 10.4. The second kappa shape index (κ2) is 3.85. The van der Waals surface area contributed by atoms with Crippen LogP contribution in [-0.4, -0.2) is 11.9 Å². The Hall–Kier alpha value is -1.09. The molecule has 0 aromatic carbocycles. The van der Waals surface area contributed by atoms with Crippen molar-refractivity contribution in [1.29, 1.82) is 0 Å². The summed E-state index contributed by atoms with van der Waals surface area (Å²) in [6.07, 6.45) is 0.859. The summed E-state index contributed by atoms with van der Waals surface area (Å²) in [5.41, 5.74) is 0. The monoisotopic (exact) mass is 160 g/mol. The molecule has 0 fully saturated rings. The summed E-state index contributed by atoms with van der Waals surface area (Å²) in [4.78, 5) is 20.7. The van der Waals surface area contributed by atoms with E-state index in [0.29, 0.717) is 0 Å². The van der Waals surface area contributed by atoms with Crippen molar-refractivity contribution in [2.24, 2.45) is 0 Å². The summed E-state index contributed by atoms with van der Waals surface area (Å²) in [6, 6.07) is 0. The molecule has 0 amide bonds. The summed E-state index contributed by atoms with van der Waals surface area (Å²) in [7, 11) is 0. The smallest absolute Gasteiger partial charge is 0.356 e. The highest BCUT2D eigenvalue weighted by atomic mass is 35.5. The quantitative estimate of drug-likeness (QED) is 0.344. The third-order valence-corrected chi connectivity index (χ3v) is 0.736. The van der Waals surface area contributed by atoms with Gasteiger partial charge in [0.1, 0.15) is 5.03 Å². The van der Waals surface area contributed by atoms with Crippen molar-refractivity contribution in [3.63, 3.8) is 0 Å². The number of esters is 2. The molecule has 0 radical (unpaired) electrons. The maximum absolute atomic E-state index is 10.4. The fourth-order valence-corrected chi connectivity index (χ4v) is 0.227. The van der Waals surface area contributed by atoms with Crippen LogP contribution in [0.2, 0.25) is 0 Å². The minimum absolute atomic E-state index is 0.338. The van der Waals surface area contributed by atoms with Gasteiger partial charge in [0.15, 0.2) is 0 Å². The Kier molecular flexibility index (Phi) is 3.43. The van der Waals surface area contributed by atoms with Crippen LogP contribution in [-0.2, 0) is 14.3 Å². The van der Waals surface area contributed by atoms with Gasteiger partial charge < -0.3 is 4.74 Å². The van der Waals surface area contributed by atoms with E-state index in [1.54, 1.807) is 0 Å². The molecule has 0 unspecified atom stereocenters. The van der Waals surface area contributed by atoms with E-state index < -0.39 is 11.9 Å². The number of hydrogen-bond donors (Lipinski definition) is 0. The molecule has 4 heteroatoms. The van der Waals surface area contributed by atoms with Crippen molar-refractivity contribution < 1.29 is 14.3 Å². The Balaban J connectivity index is 3.92. The first-order valence-electron chi connectivity index (χ1n) is 2.31. The Morgan fingerprint density at radius 2 is 2.00 bits per heavy atom. The molecule has 0 bridgehead atoms. The van der Waals surface area contributed by atoms with Crippen LogP contribution in [0.4, 0.5) is 0 Å². The molecule has 0 N–H and O–H groups in total. The first kappa shape index (κ1) is 8.91. The Bertz CT molecular complexity index is 195. The zero-order valence-electron chi connectivity index (χ0n) is 5.09. The van der Waals surface area contributed by atoms with E-state index >= 15 is 0 Å². The van der Waals surface area contributed by atoms with Crippen molar-refractivity contribution >= 4 is 23.5 Å². The van der Waals surface area contributed by atoms with Gasteiger partial charge in [-0.05, 0) is 0 Å². The molecule has 0 aromatic heterocycles. The number of halogens is 1. The van der Waals surface area contributed by atoms with Gasteiger partial charge >= 0.3 is 11.9 Å². The van der Waals surface area contributed by atoms with E-state index in [1.807, 2.05) is 0 Å². The predicted molar refractivity (Wildman–Crippen MR) is 36.3 cm³/mol. The number of carbonyl (C=O) groups is 2. The number of hydrogen-bond acceptors (Lipinski definition) is 3. The highest BCUT2D eigenvalue weighted by Crippen LogP contribution is 1.99. The van der Waals surface area contributed by atoms with E-state index in [-0.39, 0.29) is 5.03 Å². The van der Waals surface area contributed by atoms with E-state index in [9.17, 15) is 9.59 Å². The Morgan fingerprint density at radius 3 is 2.30 bits per heavy atom. The van der Waals surface area contributed by atoms with E-state index in [4.69, 9.17) is 11.6 Å². The Labute approximate surface area is 62.9 Å². The van der Waals surface area contributed by atoms with Crippen molar-refractivity contribution in [1.82, 2.24) is 0 Å². The molecule has 0 atom stereocenters. The molecular formula is C6H5ClO3. The molecule has 0 aliphatic rings. The lowest BCUT2D eigenvalue weighted by Gasteiger charge is -1.94. The normalized spacial score (nSPS) is 8.10. The van der Waals surface area contributed by atoms with E-state index in [1.165, 1.54) is 0 Å². The first-order valence-corrected chi connectivity index (χ1v) is 2.68. The van der Waals surface area contributed by atoms with Gasteiger partial charge in [0.2, 0.25) is 0 Å². The third-order valence-electron chi connectivity index (χ3n) is 0.581. The van der Waals surface area contributed by atoms with Crippen LogP contribution in [0.3, 0.4) is 0 Å². The number of ether oxygens (including phenoxy) is 1. The molecule has 10 heavy (non-hydrogen) atoms. The second-order valence-electron chi connectivity index (χ2n) is 1.32. The molecule has 0 aromatic rings. The summed E-state index contributed by atoms with van der Waals surface area (Å²) >= 11 is 5.07. The van der Waals surface area contributed by atoms with Gasteiger partial charge in [0.25, 0.3) is 0 Å². The van der Waals surface area contributed by atoms with Crippen LogP contribution >= 0.6 is 11.6 Å². The molecule has 0 spiro atoms. The van der Waals surface area contributed by atoms with Crippen molar-refractivity contribution in [2.75, 3.05) is 0 Å². The standard InChI is InChI=1S/C6H5ClO3/c1-3-5(8)10-6(9)4(2)7/h3H,1-2H2. The van der Waals surface area contributed by atoms with E-state index in [2.05, 4.69) is 17.9 Å². The number of carbonyl (C=O) groups excluding carboxylic acids is 2. The third kappa shape index (κ3) is 3.04. The summed E-state index contributed by atoms with van der Waals surface area (Å²) < 4.78 is 4.03. The van der Waals surface area contributed by atoms with Crippen LogP contribution in [0, 0.1) is 0 Å². The van der Waals surface area contributed by atoms with E-state index in [0.717, 1.165) is 6.08 Å². The SMILES string of the molecule is C=CC(=O)OC(=O)C(=C)Cl. The molecular weight excluding hydrogens is 156 g/mol. The topological polar surface area (TPSA) is 43.4 Å². The molecule has 0 rings (SSSR count). The van der Waals surface area contributed by atoms with Crippen molar-refractivity contribution in [2.45, 2.75) is 0 Å². The lowest BCUT2D eigenvalue weighted by atomic mass is 10.6. The summed E-state index contributed by atoms with van der Waals surface area (Å²) in [5.74, 6) is -1.79. The van der Waals surface area contributed by atoms with Gasteiger partial charge in [-0.3, -0.25) is 0 Å². The summed E-state index contributed by atoms with van der Waals surface area (Å²) in [6.45, 7) is 6.12.